The van der Waals surface area contributed by atoms with Crippen molar-refractivity contribution in [2.24, 2.45) is 7.05 Å². The lowest BCUT2D eigenvalue weighted by Crippen LogP contribution is -2.15. The molecule has 5 nitrogen and oxygen atoms in total. The van der Waals surface area contributed by atoms with Crippen LogP contribution in [0.3, 0.4) is 0 Å². The van der Waals surface area contributed by atoms with E-state index >= 15 is 0 Å². The van der Waals surface area contributed by atoms with Gasteiger partial charge in [0.15, 0.2) is 0 Å². The summed E-state index contributed by atoms with van der Waals surface area (Å²) in [5.74, 6) is 0.931. The van der Waals surface area contributed by atoms with Gasteiger partial charge in [-0.15, -0.1) is 10.2 Å². The van der Waals surface area contributed by atoms with Crippen LogP contribution in [0, 0.1) is 6.92 Å². The third-order valence-corrected chi connectivity index (χ3v) is 2.35. The van der Waals surface area contributed by atoms with Crippen molar-refractivity contribution >= 4 is 0 Å². The van der Waals surface area contributed by atoms with E-state index in [1.54, 1.807) is 6.33 Å². The van der Waals surface area contributed by atoms with E-state index in [4.69, 9.17) is 0 Å². The van der Waals surface area contributed by atoms with Gasteiger partial charge >= 0.3 is 0 Å². The number of aromatic nitrogens is 4. The minimum absolute atomic E-state index is 0.713. The Morgan fingerprint density at radius 1 is 1.31 bits per heavy atom. The molecule has 2 heterocycles. The van der Waals surface area contributed by atoms with E-state index in [2.05, 4.69) is 26.6 Å². The lowest BCUT2D eigenvalue weighted by atomic mass is 10.2. The molecule has 0 aliphatic heterocycles. The van der Waals surface area contributed by atoms with E-state index < -0.39 is 0 Å². The maximum absolute atomic E-state index is 4.14. The zero-order valence-corrected chi connectivity index (χ0v) is 9.51. The molecule has 2 aromatic rings. The molecule has 0 radical (unpaired) electrons. The van der Waals surface area contributed by atoms with Gasteiger partial charge in [-0.25, -0.2) is 0 Å². The second-order valence-electron chi connectivity index (χ2n) is 3.83. The molecule has 0 aliphatic carbocycles. The predicted octanol–water partition coefficient (Wildman–Crippen LogP) is 0.808. The fraction of sp³-hybridized carbons (Fsp3) is 0.364. The first-order chi connectivity index (χ1) is 7.75. The molecule has 2 rings (SSSR count). The average molecular weight is 217 g/mol. The van der Waals surface area contributed by atoms with Crippen molar-refractivity contribution in [3.8, 4) is 0 Å². The summed E-state index contributed by atoms with van der Waals surface area (Å²) in [6.45, 7) is 3.55. The Bertz CT molecular complexity index is 463. The molecule has 84 valence electrons. The second-order valence-corrected chi connectivity index (χ2v) is 3.83. The van der Waals surface area contributed by atoms with Crippen LogP contribution in [0.25, 0.3) is 0 Å². The molecule has 5 heteroatoms. The fourth-order valence-electron chi connectivity index (χ4n) is 1.50. The third kappa shape index (κ3) is 2.64. The Labute approximate surface area is 94.5 Å². The van der Waals surface area contributed by atoms with Crippen molar-refractivity contribution < 1.29 is 0 Å². The summed E-state index contributed by atoms with van der Waals surface area (Å²) >= 11 is 0. The van der Waals surface area contributed by atoms with Crippen molar-refractivity contribution in [3.05, 3.63) is 41.7 Å². The highest BCUT2D eigenvalue weighted by Gasteiger charge is 1.99. The monoisotopic (exact) mass is 217 g/mol. The smallest absolute Gasteiger partial charge is 0.146 e. The molecule has 0 spiro atoms. The summed E-state index contributed by atoms with van der Waals surface area (Å²) in [4.78, 5) is 4.14. The van der Waals surface area contributed by atoms with Gasteiger partial charge in [0.25, 0.3) is 0 Å². The largest absolute Gasteiger partial charge is 0.320 e. The van der Waals surface area contributed by atoms with E-state index in [1.165, 1.54) is 11.1 Å². The molecule has 0 fully saturated rings. The molecule has 0 bridgehead atoms. The van der Waals surface area contributed by atoms with Crippen molar-refractivity contribution in [3.63, 3.8) is 0 Å². The van der Waals surface area contributed by atoms with Gasteiger partial charge in [0, 0.05) is 26.0 Å². The lowest BCUT2D eigenvalue weighted by Gasteiger charge is -2.04. The molecular formula is C11H15N5. The predicted molar refractivity (Wildman–Crippen MR) is 60.5 cm³/mol. The van der Waals surface area contributed by atoms with Crippen molar-refractivity contribution in [1.29, 1.82) is 0 Å². The number of rotatable bonds is 4. The summed E-state index contributed by atoms with van der Waals surface area (Å²) in [7, 11) is 1.94. The summed E-state index contributed by atoms with van der Waals surface area (Å²) in [6.07, 6.45) is 5.42. The third-order valence-electron chi connectivity index (χ3n) is 2.35. The van der Waals surface area contributed by atoms with Gasteiger partial charge in [-0.1, -0.05) is 6.07 Å². The van der Waals surface area contributed by atoms with Crippen LogP contribution in [0.4, 0.5) is 0 Å². The van der Waals surface area contributed by atoms with Crippen LogP contribution in [0.5, 0.6) is 0 Å². The fourth-order valence-corrected chi connectivity index (χ4v) is 1.50. The maximum Gasteiger partial charge on any atom is 0.146 e. The summed E-state index contributed by atoms with van der Waals surface area (Å²) in [6, 6.07) is 2.12. The minimum atomic E-state index is 0.713. The van der Waals surface area contributed by atoms with Crippen molar-refractivity contribution in [2.45, 2.75) is 20.0 Å². The number of aryl methyl sites for hydroxylation is 2. The Morgan fingerprint density at radius 2 is 2.19 bits per heavy atom. The highest BCUT2D eigenvalue weighted by atomic mass is 15.3. The SMILES string of the molecule is Cc1cncc(CNCc2nncn2C)c1. The minimum Gasteiger partial charge on any atom is -0.320 e. The van der Waals surface area contributed by atoms with E-state index in [0.717, 1.165) is 12.4 Å². The molecule has 0 unspecified atom stereocenters. The number of hydrogen-bond donors (Lipinski definition) is 1. The molecule has 1 N–H and O–H groups in total. The molecule has 0 aromatic carbocycles. The van der Waals surface area contributed by atoms with Gasteiger partial charge in [0.05, 0.1) is 6.54 Å². The highest BCUT2D eigenvalue weighted by molar-refractivity contribution is 5.16. The second kappa shape index (κ2) is 4.85. The highest BCUT2D eigenvalue weighted by Crippen LogP contribution is 2.01. The van der Waals surface area contributed by atoms with E-state index in [-0.39, 0.29) is 0 Å². The van der Waals surface area contributed by atoms with E-state index in [0.29, 0.717) is 6.54 Å². The molecule has 0 saturated carbocycles. The average Bonchev–Trinajstić information content (AvgIpc) is 2.65. The van der Waals surface area contributed by atoms with Gasteiger partial charge < -0.3 is 9.88 Å². The summed E-state index contributed by atoms with van der Waals surface area (Å²) in [5, 5.41) is 11.1. The van der Waals surface area contributed by atoms with Gasteiger partial charge in [-0.3, -0.25) is 4.98 Å². The van der Waals surface area contributed by atoms with Crippen molar-refractivity contribution in [1.82, 2.24) is 25.1 Å². The Hall–Kier alpha value is -1.75. The van der Waals surface area contributed by atoms with Crippen LogP contribution < -0.4 is 5.32 Å². The van der Waals surface area contributed by atoms with Crippen LogP contribution >= 0.6 is 0 Å². The molecule has 2 aromatic heterocycles. The van der Waals surface area contributed by atoms with Crippen LogP contribution in [0.2, 0.25) is 0 Å². The van der Waals surface area contributed by atoms with Gasteiger partial charge in [-0.2, -0.15) is 0 Å². The quantitative estimate of drug-likeness (QED) is 0.823. The molecule has 0 atom stereocenters. The molecule has 0 aliphatic rings. The van der Waals surface area contributed by atoms with E-state index in [1.807, 2.05) is 30.9 Å². The van der Waals surface area contributed by atoms with Crippen LogP contribution in [-0.2, 0) is 20.1 Å². The van der Waals surface area contributed by atoms with Gasteiger partial charge in [0.1, 0.15) is 12.2 Å². The topological polar surface area (TPSA) is 55.6 Å². The standard InChI is InChI=1S/C11H15N5/c1-9-3-10(5-12-4-9)6-13-7-11-15-14-8-16(11)2/h3-5,8,13H,6-7H2,1-2H3. The number of nitrogens with one attached hydrogen (secondary N) is 1. The van der Waals surface area contributed by atoms with Gasteiger partial charge in [0.2, 0.25) is 0 Å². The zero-order valence-electron chi connectivity index (χ0n) is 9.51. The molecule has 0 saturated heterocycles. The Kier molecular flexibility index (Phi) is 3.26. The first kappa shape index (κ1) is 10.8. The van der Waals surface area contributed by atoms with Crippen molar-refractivity contribution in [2.75, 3.05) is 0 Å². The number of nitrogens with zero attached hydrogens (tertiary/aromatic N) is 4. The molecule has 0 amide bonds. The van der Waals surface area contributed by atoms with Crippen LogP contribution in [0.1, 0.15) is 17.0 Å². The number of pyridine rings is 1. The van der Waals surface area contributed by atoms with Crippen LogP contribution in [-0.4, -0.2) is 19.7 Å². The summed E-state index contributed by atoms with van der Waals surface area (Å²) in [5.41, 5.74) is 2.36. The first-order valence-electron chi connectivity index (χ1n) is 5.20. The maximum atomic E-state index is 4.14. The summed E-state index contributed by atoms with van der Waals surface area (Å²) < 4.78 is 1.90. The Morgan fingerprint density at radius 3 is 2.88 bits per heavy atom. The van der Waals surface area contributed by atoms with Gasteiger partial charge in [-0.05, 0) is 18.1 Å². The normalized spacial score (nSPS) is 10.6. The lowest BCUT2D eigenvalue weighted by molar-refractivity contribution is 0.636. The number of hydrogen-bond acceptors (Lipinski definition) is 4. The zero-order chi connectivity index (χ0) is 11.4. The van der Waals surface area contributed by atoms with Crippen LogP contribution in [0.15, 0.2) is 24.8 Å². The Balaban J connectivity index is 1.87. The first-order valence-corrected chi connectivity index (χ1v) is 5.20. The molecular weight excluding hydrogens is 202 g/mol. The van der Waals surface area contributed by atoms with E-state index in [9.17, 15) is 0 Å². The molecule has 16 heavy (non-hydrogen) atoms.